The van der Waals surface area contributed by atoms with Crippen LogP contribution in [0.25, 0.3) is 12.2 Å². The smallest absolute Gasteiger partial charge is 0.201 e. The lowest BCUT2D eigenvalue weighted by molar-refractivity contribution is 0.354. The van der Waals surface area contributed by atoms with Gasteiger partial charge in [-0.25, -0.2) is 0 Å². The average molecular weight is 256 g/mol. The zero-order valence-corrected chi connectivity index (χ0v) is 11.8. The van der Waals surface area contributed by atoms with Crippen LogP contribution >= 0.6 is 0 Å². The lowest BCUT2D eigenvalue weighted by Crippen LogP contribution is -2.47. The molecule has 99 valence electrons. The Kier molecular flexibility index (Phi) is 3.61. The zero-order valence-electron chi connectivity index (χ0n) is 11.8. The van der Waals surface area contributed by atoms with E-state index in [2.05, 4.69) is 16.7 Å². The minimum atomic E-state index is 0. The second kappa shape index (κ2) is 4.91. The van der Waals surface area contributed by atoms with Crippen molar-refractivity contribution in [2.75, 3.05) is 6.61 Å². The third kappa shape index (κ3) is 1.94. The quantitative estimate of drug-likeness (QED) is 0.629. The van der Waals surface area contributed by atoms with E-state index in [1.54, 1.807) is 0 Å². The Morgan fingerprint density at radius 3 is 2.68 bits per heavy atom. The Labute approximate surface area is 115 Å². The van der Waals surface area contributed by atoms with Gasteiger partial charge in [-0.05, 0) is 25.2 Å². The molecule has 2 heterocycles. The van der Waals surface area contributed by atoms with E-state index in [1.165, 1.54) is 6.42 Å². The number of ether oxygens (including phenoxy) is 1. The van der Waals surface area contributed by atoms with Gasteiger partial charge in [-0.2, -0.15) is 0 Å². The van der Waals surface area contributed by atoms with Crippen molar-refractivity contribution in [1.29, 1.82) is 0 Å². The lowest BCUT2D eigenvalue weighted by Gasteiger charge is -2.09. The van der Waals surface area contributed by atoms with Crippen molar-refractivity contribution in [2.24, 2.45) is 11.8 Å². The molecule has 1 fully saturated rings. The SMILES string of the molecule is CC.Cc1c2n(c3c(c1=O)=CC1CC1C=3)CCO2.[B]. The summed E-state index contributed by atoms with van der Waals surface area (Å²) < 4.78 is 7.72. The number of nitrogens with zero attached hydrogens (tertiary/aromatic N) is 1. The van der Waals surface area contributed by atoms with Gasteiger partial charge < -0.3 is 9.30 Å². The van der Waals surface area contributed by atoms with Crippen molar-refractivity contribution in [3.05, 3.63) is 26.4 Å². The molecular weight excluding hydrogens is 237 g/mol. The molecule has 3 nitrogen and oxygen atoms in total. The van der Waals surface area contributed by atoms with Crippen molar-refractivity contribution < 1.29 is 4.74 Å². The largest absolute Gasteiger partial charge is 0.477 e. The van der Waals surface area contributed by atoms with Gasteiger partial charge in [-0.3, -0.25) is 4.79 Å². The Morgan fingerprint density at radius 1 is 1.26 bits per heavy atom. The highest BCUT2D eigenvalue weighted by atomic mass is 16.5. The molecule has 0 amide bonds. The molecule has 19 heavy (non-hydrogen) atoms. The summed E-state index contributed by atoms with van der Waals surface area (Å²) in [5.74, 6) is 2.08. The molecule has 1 aliphatic heterocycles. The Morgan fingerprint density at radius 2 is 1.95 bits per heavy atom. The third-order valence-corrected chi connectivity index (χ3v) is 3.92. The van der Waals surface area contributed by atoms with E-state index in [-0.39, 0.29) is 13.8 Å². The maximum Gasteiger partial charge on any atom is 0.201 e. The van der Waals surface area contributed by atoms with Crippen LogP contribution in [0.5, 0.6) is 5.88 Å². The molecule has 1 aromatic heterocycles. The summed E-state index contributed by atoms with van der Waals surface area (Å²) in [5, 5.41) is 2.01. The molecule has 0 spiro atoms. The molecule has 0 N–H and O–H groups in total. The second-order valence-corrected chi connectivity index (χ2v) is 4.96. The van der Waals surface area contributed by atoms with Crippen LogP contribution in [0.15, 0.2) is 4.79 Å². The van der Waals surface area contributed by atoms with Gasteiger partial charge in [0.1, 0.15) is 6.61 Å². The summed E-state index contributed by atoms with van der Waals surface area (Å²) in [5.41, 5.74) is 0.921. The predicted molar refractivity (Wildman–Crippen MR) is 77.8 cm³/mol. The van der Waals surface area contributed by atoms with Gasteiger partial charge in [-0.15, -0.1) is 0 Å². The molecule has 3 aliphatic rings. The van der Waals surface area contributed by atoms with E-state index < -0.39 is 0 Å². The average Bonchev–Trinajstić information content (AvgIpc) is 3.00. The molecule has 1 saturated carbocycles. The van der Waals surface area contributed by atoms with Crippen LogP contribution in [-0.4, -0.2) is 19.6 Å². The molecule has 2 unspecified atom stereocenters. The molecule has 3 radical (unpaired) electrons. The van der Waals surface area contributed by atoms with Gasteiger partial charge in [0.2, 0.25) is 5.88 Å². The second-order valence-electron chi connectivity index (χ2n) is 4.96. The van der Waals surface area contributed by atoms with Crippen LogP contribution in [0.4, 0.5) is 0 Å². The predicted octanol–water partition coefficient (Wildman–Crippen LogP) is 0.405. The molecule has 4 rings (SSSR count). The summed E-state index contributed by atoms with van der Waals surface area (Å²) in [6.45, 7) is 7.44. The van der Waals surface area contributed by atoms with E-state index in [4.69, 9.17) is 4.74 Å². The fraction of sp³-hybridized carbons (Fsp3) is 0.533. The molecule has 0 saturated heterocycles. The van der Waals surface area contributed by atoms with Crippen molar-refractivity contribution in [2.45, 2.75) is 33.7 Å². The van der Waals surface area contributed by atoms with Crippen LogP contribution in [0.1, 0.15) is 25.8 Å². The minimum absolute atomic E-state index is 0. The maximum atomic E-state index is 12.2. The summed E-state index contributed by atoms with van der Waals surface area (Å²) in [7, 11) is 0. The lowest BCUT2D eigenvalue weighted by atomic mass is 10.1. The molecule has 2 atom stereocenters. The standard InChI is InChI=1S/C13H13NO2.C2H6.B/c1-7-12(15)10-5-8-4-9(8)6-11(10)14-2-3-16-13(7)14;1-2;/h5-6,8-9H,2-4H2,1H3;1-2H3;. The van der Waals surface area contributed by atoms with E-state index in [1.807, 2.05) is 20.8 Å². The molecule has 0 bridgehead atoms. The number of hydrogen-bond donors (Lipinski definition) is 0. The van der Waals surface area contributed by atoms with Gasteiger partial charge in [-0.1, -0.05) is 26.0 Å². The van der Waals surface area contributed by atoms with Crippen LogP contribution in [0.3, 0.4) is 0 Å². The zero-order chi connectivity index (χ0) is 12.9. The molecule has 4 heteroatoms. The van der Waals surface area contributed by atoms with Crippen LogP contribution in [0, 0.1) is 18.8 Å². The number of rotatable bonds is 0. The van der Waals surface area contributed by atoms with E-state index >= 15 is 0 Å². The van der Waals surface area contributed by atoms with Crippen molar-refractivity contribution in [1.82, 2.24) is 4.57 Å². The molecular formula is C15H19BNO2. The fourth-order valence-electron chi connectivity index (χ4n) is 2.89. The Bertz CT molecular complexity index is 675. The van der Waals surface area contributed by atoms with Gasteiger partial charge >= 0.3 is 0 Å². The molecule has 1 aromatic rings. The van der Waals surface area contributed by atoms with Crippen molar-refractivity contribution >= 4 is 20.6 Å². The highest BCUT2D eigenvalue weighted by Gasteiger charge is 2.36. The summed E-state index contributed by atoms with van der Waals surface area (Å²) in [6, 6.07) is 0. The fourth-order valence-corrected chi connectivity index (χ4v) is 2.89. The van der Waals surface area contributed by atoms with Crippen molar-refractivity contribution in [3.8, 4) is 5.88 Å². The highest BCUT2D eigenvalue weighted by molar-refractivity contribution is 5.75. The minimum Gasteiger partial charge on any atom is -0.477 e. The first-order valence-electron chi connectivity index (χ1n) is 6.85. The first-order valence-corrected chi connectivity index (χ1v) is 6.85. The van der Waals surface area contributed by atoms with E-state index in [9.17, 15) is 4.79 Å². The topological polar surface area (TPSA) is 31.2 Å². The van der Waals surface area contributed by atoms with E-state index in [0.717, 1.165) is 28.6 Å². The first-order chi connectivity index (χ1) is 8.75. The van der Waals surface area contributed by atoms with Crippen LogP contribution in [0.2, 0.25) is 0 Å². The third-order valence-electron chi connectivity index (χ3n) is 3.92. The summed E-state index contributed by atoms with van der Waals surface area (Å²) >= 11 is 0. The maximum absolute atomic E-state index is 12.2. The normalized spacial score (nSPS) is 23.9. The monoisotopic (exact) mass is 256 g/mol. The Hall–Kier alpha value is -1.45. The number of pyridine rings is 1. The first kappa shape index (κ1) is 14.0. The van der Waals surface area contributed by atoms with Gasteiger partial charge in [0, 0.05) is 13.6 Å². The van der Waals surface area contributed by atoms with Gasteiger partial charge in [0.05, 0.1) is 17.5 Å². The number of hydrogen-bond acceptors (Lipinski definition) is 2. The summed E-state index contributed by atoms with van der Waals surface area (Å²) in [4.78, 5) is 12.2. The highest BCUT2D eigenvalue weighted by Crippen LogP contribution is 2.41. The summed E-state index contributed by atoms with van der Waals surface area (Å²) in [6.07, 6.45) is 5.64. The van der Waals surface area contributed by atoms with Crippen LogP contribution < -0.4 is 20.7 Å². The van der Waals surface area contributed by atoms with Crippen molar-refractivity contribution in [3.63, 3.8) is 0 Å². The van der Waals surface area contributed by atoms with Crippen LogP contribution in [-0.2, 0) is 6.54 Å². The number of aromatic nitrogens is 1. The van der Waals surface area contributed by atoms with E-state index in [0.29, 0.717) is 18.4 Å². The molecule has 2 aliphatic carbocycles. The van der Waals surface area contributed by atoms with Gasteiger partial charge in [0.15, 0.2) is 5.43 Å². The van der Waals surface area contributed by atoms with Gasteiger partial charge in [0.25, 0.3) is 0 Å². The molecule has 0 aromatic carbocycles. The number of fused-ring (bicyclic) bond motifs is 4. The Balaban J connectivity index is 0.000000426.